The van der Waals surface area contributed by atoms with Gasteiger partial charge in [0.1, 0.15) is 0 Å². The molecule has 4 nitrogen and oxygen atoms in total. The molecule has 22 heavy (non-hydrogen) atoms. The summed E-state index contributed by atoms with van der Waals surface area (Å²) in [6.07, 6.45) is 5.84. The summed E-state index contributed by atoms with van der Waals surface area (Å²) >= 11 is 0. The summed E-state index contributed by atoms with van der Waals surface area (Å²) < 4.78 is 5.39. The fourth-order valence-electron chi connectivity index (χ4n) is 2.68. The molecule has 0 aliphatic heterocycles. The molecule has 2 heterocycles. The molecule has 116 valence electrons. The Labute approximate surface area is 130 Å². The zero-order valence-corrected chi connectivity index (χ0v) is 13.5. The van der Waals surface area contributed by atoms with E-state index in [0.717, 1.165) is 24.2 Å². The highest BCUT2D eigenvalue weighted by molar-refractivity contribution is 5.83. The average molecular weight is 297 g/mol. The van der Waals surface area contributed by atoms with Crippen LogP contribution in [0.3, 0.4) is 0 Å². The zero-order valence-electron chi connectivity index (χ0n) is 13.5. The number of aryl methyl sites for hydroxylation is 1. The third-order valence-corrected chi connectivity index (χ3v) is 3.85. The second-order valence-electron chi connectivity index (χ2n) is 7.05. The molecule has 0 aliphatic carbocycles. The molecule has 0 saturated heterocycles. The molecule has 0 saturated carbocycles. The first kappa shape index (κ1) is 14.8. The fraction of sp³-hybridized carbons (Fsp3) is 0.444. The number of benzene rings is 1. The van der Waals surface area contributed by atoms with Gasteiger partial charge in [0.15, 0.2) is 5.82 Å². The molecule has 3 aromatic rings. The largest absolute Gasteiger partial charge is 0.361 e. The number of nitrogens with zero attached hydrogens (tertiary/aromatic N) is 2. The molecule has 3 rings (SSSR count). The highest BCUT2D eigenvalue weighted by atomic mass is 16.5. The normalized spacial score (nSPS) is 12.1. The molecule has 0 atom stereocenters. The van der Waals surface area contributed by atoms with Crippen molar-refractivity contribution in [2.24, 2.45) is 5.41 Å². The second-order valence-corrected chi connectivity index (χ2v) is 7.05. The minimum atomic E-state index is 0.358. The van der Waals surface area contributed by atoms with E-state index in [4.69, 9.17) is 4.52 Å². The standard InChI is InChI=1S/C18H23N3O/c1-18(2,3)10-6-9-16-20-17(22-21-16)11-13-12-19-15-8-5-4-7-14(13)15/h4-5,7-8,12,19H,6,9-11H2,1-3H3. The molecule has 4 heteroatoms. The molecule has 0 radical (unpaired) electrons. The first-order valence-corrected chi connectivity index (χ1v) is 7.88. The van der Waals surface area contributed by atoms with Crippen LogP contribution in [-0.4, -0.2) is 15.1 Å². The van der Waals surface area contributed by atoms with Crippen LogP contribution in [0.25, 0.3) is 10.9 Å². The van der Waals surface area contributed by atoms with Crippen molar-refractivity contribution < 1.29 is 4.52 Å². The van der Waals surface area contributed by atoms with Crippen LogP contribution < -0.4 is 0 Å². The number of hydrogen-bond acceptors (Lipinski definition) is 3. The lowest BCUT2D eigenvalue weighted by Crippen LogP contribution is -2.05. The Morgan fingerprint density at radius 2 is 2.00 bits per heavy atom. The minimum Gasteiger partial charge on any atom is -0.361 e. The Hall–Kier alpha value is -2.10. The van der Waals surface area contributed by atoms with Crippen LogP contribution in [-0.2, 0) is 12.8 Å². The summed E-state index contributed by atoms with van der Waals surface area (Å²) in [4.78, 5) is 7.80. The lowest BCUT2D eigenvalue weighted by atomic mass is 9.90. The van der Waals surface area contributed by atoms with Gasteiger partial charge in [0.25, 0.3) is 0 Å². The lowest BCUT2D eigenvalue weighted by Gasteiger charge is -2.16. The number of hydrogen-bond donors (Lipinski definition) is 1. The topological polar surface area (TPSA) is 54.7 Å². The monoisotopic (exact) mass is 297 g/mol. The van der Waals surface area contributed by atoms with Crippen molar-refractivity contribution in [3.8, 4) is 0 Å². The van der Waals surface area contributed by atoms with Crippen LogP contribution in [0.1, 0.15) is 50.9 Å². The summed E-state index contributed by atoms with van der Waals surface area (Å²) in [6, 6.07) is 8.26. The van der Waals surface area contributed by atoms with E-state index in [1.54, 1.807) is 0 Å². The van der Waals surface area contributed by atoms with Gasteiger partial charge in [-0.3, -0.25) is 0 Å². The molecular formula is C18H23N3O. The van der Waals surface area contributed by atoms with E-state index in [0.29, 0.717) is 17.7 Å². The summed E-state index contributed by atoms with van der Waals surface area (Å²) in [5.41, 5.74) is 2.69. The maximum atomic E-state index is 5.39. The van der Waals surface area contributed by atoms with E-state index in [1.807, 2.05) is 18.3 Å². The quantitative estimate of drug-likeness (QED) is 0.753. The van der Waals surface area contributed by atoms with Gasteiger partial charge in [0.2, 0.25) is 5.89 Å². The van der Waals surface area contributed by atoms with Gasteiger partial charge in [-0.25, -0.2) is 0 Å². The highest BCUT2D eigenvalue weighted by Gasteiger charge is 2.13. The molecule has 1 N–H and O–H groups in total. The van der Waals surface area contributed by atoms with Crippen LogP contribution in [0, 0.1) is 5.41 Å². The van der Waals surface area contributed by atoms with Crippen LogP contribution >= 0.6 is 0 Å². The van der Waals surface area contributed by atoms with Crippen LogP contribution in [0.15, 0.2) is 35.0 Å². The summed E-state index contributed by atoms with van der Waals surface area (Å²) in [5.74, 6) is 1.51. The number of para-hydroxylation sites is 1. The van der Waals surface area contributed by atoms with Crippen LogP contribution in [0.2, 0.25) is 0 Å². The van der Waals surface area contributed by atoms with Crippen molar-refractivity contribution >= 4 is 10.9 Å². The van der Waals surface area contributed by atoms with Crippen molar-refractivity contribution in [1.82, 2.24) is 15.1 Å². The average Bonchev–Trinajstić information content (AvgIpc) is 3.06. The molecule has 0 unspecified atom stereocenters. The molecule has 1 aromatic carbocycles. The van der Waals surface area contributed by atoms with Crippen LogP contribution in [0.5, 0.6) is 0 Å². The molecule has 0 fully saturated rings. The zero-order chi connectivity index (χ0) is 15.6. The third-order valence-electron chi connectivity index (χ3n) is 3.85. The Bertz CT molecular complexity index is 749. The number of rotatable bonds is 5. The maximum Gasteiger partial charge on any atom is 0.231 e. The van der Waals surface area contributed by atoms with Crippen molar-refractivity contribution in [2.45, 2.75) is 46.5 Å². The van der Waals surface area contributed by atoms with E-state index in [1.165, 1.54) is 17.4 Å². The number of H-pyrrole nitrogens is 1. The second kappa shape index (κ2) is 5.95. The van der Waals surface area contributed by atoms with E-state index in [2.05, 4.69) is 48.0 Å². The van der Waals surface area contributed by atoms with E-state index >= 15 is 0 Å². The first-order chi connectivity index (χ1) is 10.5. The molecule has 0 bridgehead atoms. The minimum absolute atomic E-state index is 0.358. The van der Waals surface area contributed by atoms with Crippen molar-refractivity contribution in [2.75, 3.05) is 0 Å². The van der Waals surface area contributed by atoms with Crippen molar-refractivity contribution in [1.29, 1.82) is 0 Å². The van der Waals surface area contributed by atoms with Gasteiger partial charge in [-0.2, -0.15) is 4.98 Å². The number of fused-ring (bicyclic) bond motifs is 1. The maximum absolute atomic E-state index is 5.39. The van der Waals surface area contributed by atoms with E-state index < -0.39 is 0 Å². The van der Waals surface area contributed by atoms with Gasteiger partial charge in [-0.15, -0.1) is 0 Å². The summed E-state index contributed by atoms with van der Waals surface area (Å²) in [6.45, 7) is 6.77. The van der Waals surface area contributed by atoms with Crippen LogP contribution in [0.4, 0.5) is 0 Å². The Morgan fingerprint density at radius 3 is 2.82 bits per heavy atom. The van der Waals surface area contributed by atoms with Gasteiger partial charge in [-0.1, -0.05) is 44.1 Å². The van der Waals surface area contributed by atoms with E-state index in [-0.39, 0.29) is 0 Å². The predicted octanol–water partition coefficient (Wildman–Crippen LogP) is 4.51. The van der Waals surface area contributed by atoms with E-state index in [9.17, 15) is 0 Å². The number of aromatic amines is 1. The van der Waals surface area contributed by atoms with Crippen molar-refractivity contribution in [3.05, 3.63) is 47.7 Å². The van der Waals surface area contributed by atoms with Gasteiger partial charge >= 0.3 is 0 Å². The van der Waals surface area contributed by atoms with Gasteiger partial charge in [0.05, 0.1) is 6.42 Å². The molecule has 0 amide bonds. The Morgan fingerprint density at radius 1 is 1.18 bits per heavy atom. The SMILES string of the molecule is CC(C)(C)CCCc1noc(Cc2c[nH]c3ccccc23)n1. The lowest BCUT2D eigenvalue weighted by molar-refractivity contribution is 0.357. The Kier molecular flexibility index (Phi) is 4.01. The molecule has 0 spiro atoms. The number of aromatic nitrogens is 3. The molecule has 0 aliphatic rings. The number of nitrogens with one attached hydrogen (secondary N) is 1. The fourth-order valence-corrected chi connectivity index (χ4v) is 2.68. The van der Waals surface area contributed by atoms with Gasteiger partial charge in [0, 0.05) is 23.5 Å². The van der Waals surface area contributed by atoms with Gasteiger partial charge in [-0.05, 0) is 29.9 Å². The molecular weight excluding hydrogens is 274 g/mol. The smallest absolute Gasteiger partial charge is 0.231 e. The van der Waals surface area contributed by atoms with Crippen molar-refractivity contribution in [3.63, 3.8) is 0 Å². The Balaban J connectivity index is 1.64. The third kappa shape index (κ3) is 3.56. The summed E-state index contributed by atoms with van der Waals surface area (Å²) in [5, 5.41) is 5.32. The first-order valence-electron chi connectivity index (χ1n) is 7.88. The predicted molar refractivity (Wildman–Crippen MR) is 87.8 cm³/mol. The van der Waals surface area contributed by atoms with Gasteiger partial charge < -0.3 is 9.51 Å². The molecule has 2 aromatic heterocycles. The highest BCUT2D eigenvalue weighted by Crippen LogP contribution is 2.22. The summed E-state index contributed by atoms with van der Waals surface area (Å²) in [7, 11) is 0.